The molecule has 3 heteroatoms. The molecule has 2 unspecified atom stereocenters. The van der Waals surface area contributed by atoms with Crippen molar-refractivity contribution in [3.05, 3.63) is 28.8 Å². The zero-order chi connectivity index (χ0) is 12.8. The van der Waals surface area contributed by atoms with E-state index in [1.807, 2.05) is 25.2 Å². The van der Waals surface area contributed by atoms with Crippen LogP contribution < -0.4 is 10.1 Å². The van der Waals surface area contributed by atoms with E-state index >= 15 is 0 Å². The third-order valence-corrected chi connectivity index (χ3v) is 4.71. The summed E-state index contributed by atoms with van der Waals surface area (Å²) < 4.78 is 6.38. The van der Waals surface area contributed by atoms with Gasteiger partial charge in [-0.3, -0.25) is 0 Å². The van der Waals surface area contributed by atoms with Gasteiger partial charge in [-0.15, -0.1) is 0 Å². The van der Waals surface area contributed by atoms with Crippen molar-refractivity contribution in [2.24, 2.45) is 5.92 Å². The highest BCUT2D eigenvalue weighted by Crippen LogP contribution is 2.52. The lowest BCUT2D eigenvalue weighted by Crippen LogP contribution is -2.45. The van der Waals surface area contributed by atoms with Crippen LogP contribution in [0, 0.1) is 5.92 Å². The van der Waals surface area contributed by atoms with Gasteiger partial charge < -0.3 is 10.1 Å². The predicted molar refractivity (Wildman–Crippen MR) is 74.2 cm³/mol. The van der Waals surface area contributed by atoms with Gasteiger partial charge in [0.05, 0.1) is 0 Å². The fourth-order valence-corrected chi connectivity index (χ4v) is 3.40. The van der Waals surface area contributed by atoms with Gasteiger partial charge in [-0.2, -0.15) is 0 Å². The number of benzene rings is 1. The summed E-state index contributed by atoms with van der Waals surface area (Å²) in [6.07, 6.45) is 4.76. The lowest BCUT2D eigenvalue weighted by atomic mass is 9.82. The maximum atomic E-state index is 6.38. The fourth-order valence-electron chi connectivity index (χ4n) is 3.22. The predicted octanol–water partition coefficient (Wildman–Crippen LogP) is 3.94. The van der Waals surface area contributed by atoms with Crippen LogP contribution in [0.25, 0.3) is 0 Å². The summed E-state index contributed by atoms with van der Waals surface area (Å²) >= 11 is 6.10. The molecule has 2 atom stereocenters. The molecule has 1 aromatic rings. The molecule has 0 bridgehead atoms. The van der Waals surface area contributed by atoms with E-state index in [2.05, 4.69) is 12.2 Å². The highest BCUT2D eigenvalue weighted by Gasteiger charge is 2.49. The molecule has 0 aromatic heterocycles. The van der Waals surface area contributed by atoms with E-state index < -0.39 is 0 Å². The van der Waals surface area contributed by atoms with Crippen LogP contribution in [0.5, 0.6) is 5.75 Å². The Balaban J connectivity index is 2.00. The SMILES string of the molecule is CCC1(C2CC2)CC(NC)c2cc(Cl)ccc2O1. The molecule has 98 valence electrons. The zero-order valence-corrected chi connectivity index (χ0v) is 11.8. The van der Waals surface area contributed by atoms with E-state index in [0.717, 1.165) is 29.5 Å². The van der Waals surface area contributed by atoms with Crippen molar-refractivity contribution in [1.82, 2.24) is 5.32 Å². The van der Waals surface area contributed by atoms with Crippen LogP contribution in [-0.2, 0) is 0 Å². The standard InChI is InChI=1S/C15H20ClNO/c1-3-15(10-4-5-10)9-13(17-2)12-8-11(16)6-7-14(12)18-15/h6-8,10,13,17H,3-5,9H2,1-2H3. The average Bonchev–Trinajstić information content (AvgIpc) is 3.22. The van der Waals surface area contributed by atoms with Crippen molar-refractivity contribution < 1.29 is 4.74 Å². The first kappa shape index (κ1) is 12.3. The molecule has 18 heavy (non-hydrogen) atoms. The van der Waals surface area contributed by atoms with Crippen molar-refractivity contribution in [3.8, 4) is 5.75 Å². The van der Waals surface area contributed by atoms with E-state index in [-0.39, 0.29) is 5.60 Å². The van der Waals surface area contributed by atoms with Crippen LogP contribution in [-0.4, -0.2) is 12.6 Å². The van der Waals surface area contributed by atoms with E-state index in [0.29, 0.717) is 6.04 Å². The van der Waals surface area contributed by atoms with Gasteiger partial charge >= 0.3 is 0 Å². The van der Waals surface area contributed by atoms with Gasteiger partial charge in [0, 0.05) is 23.0 Å². The molecule has 1 heterocycles. The van der Waals surface area contributed by atoms with Gasteiger partial charge in [0.15, 0.2) is 0 Å². The molecular formula is C15H20ClNO. The molecule has 1 aliphatic carbocycles. The molecule has 1 N–H and O–H groups in total. The molecule has 1 saturated carbocycles. The topological polar surface area (TPSA) is 21.3 Å². The third-order valence-electron chi connectivity index (χ3n) is 4.48. The summed E-state index contributed by atoms with van der Waals surface area (Å²) in [4.78, 5) is 0. The molecule has 3 rings (SSSR count). The molecule has 2 aliphatic rings. The van der Waals surface area contributed by atoms with Crippen LogP contribution in [0.15, 0.2) is 18.2 Å². The maximum absolute atomic E-state index is 6.38. The number of hydrogen-bond acceptors (Lipinski definition) is 2. The van der Waals surface area contributed by atoms with Crippen molar-refractivity contribution in [1.29, 1.82) is 0 Å². The quantitative estimate of drug-likeness (QED) is 0.894. The highest BCUT2D eigenvalue weighted by molar-refractivity contribution is 6.30. The molecule has 0 radical (unpaired) electrons. The Morgan fingerprint density at radius 2 is 2.22 bits per heavy atom. The minimum absolute atomic E-state index is 0.0362. The Labute approximate surface area is 114 Å². The van der Waals surface area contributed by atoms with Crippen molar-refractivity contribution in [2.45, 2.75) is 44.2 Å². The minimum Gasteiger partial charge on any atom is -0.487 e. The fraction of sp³-hybridized carbons (Fsp3) is 0.600. The van der Waals surface area contributed by atoms with E-state index in [4.69, 9.17) is 16.3 Å². The summed E-state index contributed by atoms with van der Waals surface area (Å²) in [7, 11) is 2.02. The van der Waals surface area contributed by atoms with Crippen LogP contribution in [0.2, 0.25) is 5.02 Å². The Kier molecular flexibility index (Phi) is 3.03. The van der Waals surface area contributed by atoms with Gasteiger partial charge in [-0.25, -0.2) is 0 Å². The summed E-state index contributed by atoms with van der Waals surface area (Å²) in [6, 6.07) is 6.33. The van der Waals surface area contributed by atoms with Crippen LogP contribution >= 0.6 is 11.6 Å². The van der Waals surface area contributed by atoms with Crippen LogP contribution in [0.1, 0.15) is 44.2 Å². The number of fused-ring (bicyclic) bond motifs is 1. The lowest BCUT2D eigenvalue weighted by Gasteiger charge is -2.42. The maximum Gasteiger partial charge on any atom is 0.125 e. The van der Waals surface area contributed by atoms with Crippen molar-refractivity contribution >= 4 is 11.6 Å². The molecule has 0 spiro atoms. The van der Waals surface area contributed by atoms with Crippen LogP contribution in [0.3, 0.4) is 0 Å². The van der Waals surface area contributed by atoms with Crippen molar-refractivity contribution in [3.63, 3.8) is 0 Å². The Hall–Kier alpha value is -0.730. The largest absolute Gasteiger partial charge is 0.487 e. The first-order valence-electron chi connectivity index (χ1n) is 6.84. The number of hydrogen-bond donors (Lipinski definition) is 1. The molecule has 1 aromatic carbocycles. The summed E-state index contributed by atoms with van der Waals surface area (Å²) in [5.41, 5.74) is 1.24. The second-order valence-corrected chi connectivity index (χ2v) is 5.96. The second-order valence-electron chi connectivity index (χ2n) is 5.52. The highest BCUT2D eigenvalue weighted by atomic mass is 35.5. The normalized spacial score (nSPS) is 30.7. The molecule has 2 nitrogen and oxygen atoms in total. The summed E-state index contributed by atoms with van der Waals surface area (Å²) in [5.74, 6) is 1.75. The van der Waals surface area contributed by atoms with Gasteiger partial charge in [0.2, 0.25) is 0 Å². The first-order valence-corrected chi connectivity index (χ1v) is 7.22. The molecular weight excluding hydrogens is 246 g/mol. The molecule has 1 aliphatic heterocycles. The first-order chi connectivity index (χ1) is 8.68. The number of nitrogens with one attached hydrogen (secondary N) is 1. The number of halogens is 1. The Morgan fingerprint density at radius 3 is 2.83 bits per heavy atom. The average molecular weight is 266 g/mol. The smallest absolute Gasteiger partial charge is 0.125 e. The molecule has 0 saturated heterocycles. The Bertz CT molecular complexity index is 458. The van der Waals surface area contributed by atoms with Gasteiger partial charge in [-0.1, -0.05) is 18.5 Å². The number of ether oxygens (including phenoxy) is 1. The monoisotopic (exact) mass is 265 g/mol. The third kappa shape index (κ3) is 1.92. The lowest BCUT2D eigenvalue weighted by molar-refractivity contribution is 0.00669. The van der Waals surface area contributed by atoms with E-state index in [1.165, 1.54) is 18.4 Å². The second kappa shape index (κ2) is 4.43. The minimum atomic E-state index is 0.0362. The van der Waals surface area contributed by atoms with E-state index in [9.17, 15) is 0 Å². The van der Waals surface area contributed by atoms with Crippen LogP contribution in [0.4, 0.5) is 0 Å². The summed E-state index contributed by atoms with van der Waals surface area (Å²) in [6.45, 7) is 2.24. The van der Waals surface area contributed by atoms with Gasteiger partial charge in [0.25, 0.3) is 0 Å². The van der Waals surface area contributed by atoms with Gasteiger partial charge in [-0.05, 0) is 50.4 Å². The summed E-state index contributed by atoms with van der Waals surface area (Å²) in [5, 5.41) is 4.21. The molecule has 0 amide bonds. The molecule has 1 fully saturated rings. The van der Waals surface area contributed by atoms with Crippen molar-refractivity contribution in [2.75, 3.05) is 7.05 Å². The number of rotatable bonds is 3. The van der Waals surface area contributed by atoms with Gasteiger partial charge in [0.1, 0.15) is 11.4 Å². The van der Waals surface area contributed by atoms with E-state index in [1.54, 1.807) is 0 Å². The Morgan fingerprint density at radius 1 is 1.44 bits per heavy atom. The zero-order valence-electron chi connectivity index (χ0n) is 11.0.